The van der Waals surface area contributed by atoms with Crippen molar-refractivity contribution in [1.29, 1.82) is 0 Å². The number of hydrogen-bond acceptors (Lipinski definition) is 3. The summed E-state index contributed by atoms with van der Waals surface area (Å²) < 4.78 is 2.12. The molecule has 0 radical (unpaired) electrons. The fourth-order valence-electron chi connectivity index (χ4n) is 2.65. The van der Waals surface area contributed by atoms with E-state index in [1.54, 1.807) is 13.2 Å². The van der Waals surface area contributed by atoms with Gasteiger partial charge >= 0.3 is 0 Å². The monoisotopic (exact) mass is 357 g/mol. The minimum atomic E-state index is -0.155. The van der Waals surface area contributed by atoms with Gasteiger partial charge in [-0.05, 0) is 57.6 Å². The molecule has 0 spiro atoms. The number of halogens is 1. The van der Waals surface area contributed by atoms with E-state index in [4.69, 9.17) is 0 Å². The molecule has 0 unspecified atom stereocenters. The lowest BCUT2D eigenvalue weighted by Gasteiger charge is -2.18. The number of nitrogens with one attached hydrogen (secondary N) is 1. The van der Waals surface area contributed by atoms with E-state index in [1.165, 1.54) is 21.3 Å². The summed E-state index contributed by atoms with van der Waals surface area (Å²) in [7, 11) is 1.70. The van der Waals surface area contributed by atoms with E-state index in [2.05, 4.69) is 50.7 Å². The fourth-order valence-corrected chi connectivity index (χ4v) is 3.14. The summed E-state index contributed by atoms with van der Waals surface area (Å²) in [4.78, 5) is 16.3. The molecule has 1 aromatic heterocycles. The van der Waals surface area contributed by atoms with Crippen molar-refractivity contribution in [3.05, 3.63) is 68.4 Å². The summed E-state index contributed by atoms with van der Waals surface area (Å²) in [6, 6.07) is 6.17. The Morgan fingerprint density at radius 2 is 2.18 bits per heavy atom. The molecule has 1 N–H and O–H groups in total. The smallest absolute Gasteiger partial charge is 0.293 e. The number of rotatable bonds is 2. The lowest BCUT2D eigenvalue weighted by atomic mass is 9.88. The van der Waals surface area contributed by atoms with Gasteiger partial charge in [-0.25, -0.2) is 4.98 Å². The van der Waals surface area contributed by atoms with Crippen LogP contribution < -0.4 is 10.9 Å². The van der Waals surface area contributed by atoms with Crippen LogP contribution in [0.4, 0.5) is 11.5 Å². The molecule has 0 atom stereocenters. The number of benzene rings is 1. The molecule has 2 aromatic rings. The molecular weight excluding hydrogens is 342 g/mol. The van der Waals surface area contributed by atoms with Gasteiger partial charge in [0.1, 0.15) is 4.60 Å². The molecule has 22 heavy (non-hydrogen) atoms. The summed E-state index contributed by atoms with van der Waals surface area (Å²) in [6.07, 6.45) is 4.53. The van der Waals surface area contributed by atoms with Gasteiger partial charge in [0, 0.05) is 25.4 Å². The highest BCUT2D eigenvalue weighted by Gasteiger charge is 2.14. The van der Waals surface area contributed by atoms with Crippen LogP contribution in [-0.2, 0) is 19.9 Å². The first kappa shape index (κ1) is 14.8. The SMILES string of the molecule is C=C=C1CCc2cc(Nc3nc(Br)cn(C)c3=O)ccc2C1. The van der Waals surface area contributed by atoms with E-state index in [9.17, 15) is 4.79 Å². The van der Waals surface area contributed by atoms with Gasteiger partial charge in [-0.15, -0.1) is 5.73 Å². The molecule has 1 heterocycles. The minimum absolute atomic E-state index is 0.155. The van der Waals surface area contributed by atoms with Gasteiger partial charge in [0.25, 0.3) is 5.56 Å². The van der Waals surface area contributed by atoms with Crippen LogP contribution in [0.25, 0.3) is 0 Å². The van der Waals surface area contributed by atoms with Crippen LogP contribution in [0, 0.1) is 0 Å². The summed E-state index contributed by atoms with van der Waals surface area (Å²) in [5.74, 6) is 0.319. The van der Waals surface area contributed by atoms with Crippen molar-refractivity contribution in [2.45, 2.75) is 19.3 Å². The molecule has 1 aromatic carbocycles. The van der Waals surface area contributed by atoms with Crippen LogP contribution in [-0.4, -0.2) is 9.55 Å². The Hall–Kier alpha value is -2.10. The van der Waals surface area contributed by atoms with Crippen molar-refractivity contribution in [2.24, 2.45) is 7.05 Å². The Balaban J connectivity index is 1.92. The predicted molar refractivity (Wildman–Crippen MR) is 91.6 cm³/mol. The van der Waals surface area contributed by atoms with Crippen LogP contribution >= 0.6 is 15.9 Å². The number of hydrogen-bond donors (Lipinski definition) is 1. The van der Waals surface area contributed by atoms with E-state index in [0.29, 0.717) is 10.4 Å². The van der Waals surface area contributed by atoms with Gasteiger partial charge in [0.15, 0.2) is 5.82 Å². The molecule has 0 saturated heterocycles. The normalized spacial score (nSPS) is 13.5. The van der Waals surface area contributed by atoms with Gasteiger partial charge in [0.05, 0.1) is 0 Å². The van der Waals surface area contributed by atoms with E-state index in [1.807, 2.05) is 6.07 Å². The summed E-state index contributed by atoms with van der Waals surface area (Å²) in [5, 5.41) is 3.12. The van der Waals surface area contributed by atoms with Crippen LogP contribution in [0.1, 0.15) is 17.5 Å². The van der Waals surface area contributed by atoms with E-state index in [-0.39, 0.29) is 5.56 Å². The lowest BCUT2D eigenvalue weighted by molar-refractivity contribution is 0.834. The Bertz CT molecular complexity index is 847. The standard InChI is InChI=1S/C17H16BrN3O/c1-3-11-4-5-13-9-14(7-6-12(13)8-11)19-16-17(22)21(2)10-15(18)20-16/h6-7,9-10H,1,4-5,8H2,2H3,(H,19,20). The topological polar surface area (TPSA) is 46.9 Å². The highest BCUT2D eigenvalue weighted by molar-refractivity contribution is 9.10. The third-order valence-electron chi connectivity index (χ3n) is 3.86. The molecule has 3 rings (SSSR count). The highest BCUT2D eigenvalue weighted by atomic mass is 79.9. The minimum Gasteiger partial charge on any atom is -0.336 e. The molecule has 112 valence electrons. The summed E-state index contributed by atoms with van der Waals surface area (Å²) in [6.45, 7) is 3.73. The Morgan fingerprint density at radius 1 is 1.36 bits per heavy atom. The van der Waals surface area contributed by atoms with Gasteiger partial charge in [-0.1, -0.05) is 12.6 Å². The number of allylic oxidation sites excluding steroid dienone is 1. The second-order valence-electron chi connectivity index (χ2n) is 5.39. The molecule has 0 bridgehead atoms. The molecule has 1 aliphatic rings. The molecule has 0 fully saturated rings. The van der Waals surface area contributed by atoms with E-state index in [0.717, 1.165) is 24.9 Å². The largest absolute Gasteiger partial charge is 0.336 e. The molecule has 1 aliphatic carbocycles. The molecular formula is C17H16BrN3O. The average Bonchev–Trinajstić information content (AvgIpc) is 2.51. The Labute approximate surface area is 137 Å². The number of aryl methyl sites for hydroxylation is 2. The van der Waals surface area contributed by atoms with Gasteiger partial charge in [0.2, 0.25) is 0 Å². The molecule has 0 aliphatic heterocycles. The van der Waals surface area contributed by atoms with E-state index >= 15 is 0 Å². The van der Waals surface area contributed by atoms with Crippen molar-refractivity contribution in [3.63, 3.8) is 0 Å². The third kappa shape index (κ3) is 2.91. The van der Waals surface area contributed by atoms with Gasteiger partial charge in [-0.2, -0.15) is 0 Å². The number of nitrogens with zero attached hydrogens (tertiary/aromatic N) is 2. The Kier molecular flexibility index (Phi) is 4.01. The zero-order valence-corrected chi connectivity index (χ0v) is 13.9. The van der Waals surface area contributed by atoms with Crippen molar-refractivity contribution < 1.29 is 0 Å². The second kappa shape index (κ2) is 5.95. The number of aromatic nitrogens is 2. The quantitative estimate of drug-likeness (QED) is 0.836. The van der Waals surface area contributed by atoms with Crippen LogP contribution in [0.2, 0.25) is 0 Å². The van der Waals surface area contributed by atoms with Gasteiger partial charge < -0.3 is 9.88 Å². The van der Waals surface area contributed by atoms with Crippen molar-refractivity contribution in [1.82, 2.24) is 9.55 Å². The lowest BCUT2D eigenvalue weighted by Crippen LogP contribution is -2.21. The highest BCUT2D eigenvalue weighted by Crippen LogP contribution is 2.27. The summed E-state index contributed by atoms with van der Waals surface area (Å²) >= 11 is 3.31. The van der Waals surface area contributed by atoms with Crippen LogP contribution in [0.3, 0.4) is 0 Å². The number of fused-ring (bicyclic) bond motifs is 1. The first-order valence-electron chi connectivity index (χ1n) is 7.06. The molecule has 4 nitrogen and oxygen atoms in total. The van der Waals surface area contributed by atoms with E-state index < -0.39 is 0 Å². The first-order chi connectivity index (χ1) is 10.6. The molecule has 5 heteroatoms. The maximum absolute atomic E-state index is 12.1. The zero-order chi connectivity index (χ0) is 15.7. The number of anilines is 2. The first-order valence-corrected chi connectivity index (χ1v) is 7.86. The zero-order valence-electron chi connectivity index (χ0n) is 12.3. The van der Waals surface area contributed by atoms with Crippen molar-refractivity contribution >= 4 is 27.4 Å². The second-order valence-corrected chi connectivity index (χ2v) is 6.21. The van der Waals surface area contributed by atoms with Crippen LogP contribution in [0.15, 0.2) is 51.7 Å². The average molecular weight is 358 g/mol. The van der Waals surface area contributed by atoms with Crippen molar-refractivity contribution in [3.8, 4) is 0 Å². The molecule has 0 amide bonds. The van der Waals surface area contributed by atoms with Crippen molar-refractivity contribution in [2.75, 3.05) is 5.32 Å². The Morgan fingerprint density at radius 3 is 2.95 bits per heavy atom. The summed E-state index contributed by atoms with van der Waals surface area (Å²) in [5.41, 5.74) is 7.60. The third-order valence-corrected chi connectivity index (χ3v) is 4.24. The maximum atomic E-state index is 12.1. The fraction of sp³-hybridized carbons (Fsp3) is 0.235. The predicted octanol–water partition coefficient (Wildman–Crippen LogP) is 3.49. The molecule has 0 saturated carbocycles. The van der Waals surface area contributed by atoms with Crippen LogP contribution in [0.5, 0.6) is 0 Å². The van der Waals surface area contributed by atoms with Gasteiger partial charge in [-0.3, -0.25) is 4.79 Å². The maximum Gasteiger partial charge on any atom is 0.293 e.